The zero-order chi connectivity index (χ0) is 19.2. The Morgan fingerprint density at radius 1 is 0.815 bits per heavy atom. The third kappa shape index (κ3) is 4.51. The molecule has 0 aliphatic rings. The maximum absolute atomic E-state index is 11.9. The van der Waals surface area contributed by atoms with Crippen LogP contribution in [0.2, 0.25) is 0 Å². The minimum atomic E-state index is -0.594. The molecule has 0 fully saturated rings. The smallest absolute Gasteiger partial charge is 0.326 e. The van der Waals surface area contributed by atoms with Gasteiger partial charge in [-0.15, -0.1) is 23.2 Å². The number of halogens is 2. The summed E-state index contributed by atoms with van der Waals surface area (Å²) in [5, 5.41) is 4.38. The van der Waals surface area contributed by atoms with Crippen molar-refractivity contribution in [3.05, 3.63) is 60.7 Å². The van der Waals surface area contributed by atoms with E-state index in [-0.39, 0.29) is 11.8 Å². The second-order valence-electron chi connectivity index (χ2n) is 5.50. The Kier molecular flexibility index (Phi) is 6.16. The van der Waals surface area contributed by atoms with E-state index in [1.54, 1.807) is 30.3 Å². The van der Waals surface area contributed by atoms with E-state index in [2.05, 4.69) is 5.32 Å². The van der Waals surface area contributed by atoms with Gasteiger partial charge in [-0.25, -0.2) is 0 Å². The number of carbonyl (C=O) groups is 2. The number of anilines is 2. The van der Waals surface area contributed by atoms with Gasteiger partial charge >= 0.3 is 11.9 Å². The number of hydrogen-bond donors (Lipinski definition) is 1. The van der Waals surface area contributed by atoms with Crippen molar-refractivity contribution in [1.82, 2.24) is 0 Å². The van der Waals surface area contributed by atoms with Crippen molar-refractivity contribution in [3.63, 3.8) is 0 Å². The highest BCUT2D eigenvalue weighted by molar-refractivity contribution is 6.27. The van der Waals surface area contributed by atoms with Crippen LogP contribution in [0.3, 0.4) is 0 Å². The molecule has 138 valence electrons. The van der Waals surface area contributed by atoms with E-state index in [4.69, 9.17) is 32.7 Å². The number of fused-ring (bicyclic) bond motifs is 1. The maximum Gasteiger partial charge on any atom is 0.326 e. The van der Waals surface area contributed by atoms with E-state index in [1.165, 1.54) is 0 Å². The molecule has 0 bridgehead atoms. The maximum atomic E-state index is 11.9. The number of esters is 2. The fourth-order valence-corrected chi connectivity index (χ4v) is 2.68. The van der Waals surface area contributed by atoms with Crippen LogP contribution in [0.15, 0.2) is 60.7 Å². The van der Waals surface area contributed by atoms with Gasteiger partial charge in [-0.2, -0.15) is 0 Å². The summed E-state index contributed by atoms with van der Waals surface area (Å²) in [6, 6.07) is 18.0. The van der Waals surface area contributed by atoms with Gasteiger partial charge in [0.15, 0.2) is 5.75 Å². The fraction of sp³-hybridized carbons (Fsp3) is 0.100. The molecule has 0 atom stereocenters. The Hall–Kier alpha value is -2.76. The summed E-state index contributed by atoms with van der Waals surface area (Å²) >= 11 is 11.2. The molecule has 0 heterocycles. The highest BCUT2D eigenvalue weighted by Crippen LogP contribution is 2.41. The molecule has 0 aliphatic carbocycles. The Morgan fingerprint density at radius 3 is 2.07 bits per heavy atom. The molecule has 3 aromatic rings. The van der Waals surface area contributed by atoms with Gasteiger partial charge in [0.05, 0.1) is 5.69 Å². The fourth-order valence-electron chi connectivity index (χ4n) is 2.57. The average molecular weight is 404 g/mol. The molecular weight excluding hydrogens is 389 g/mol. The molecule has 0 saturated carbocycles. The van der Waals surface area contributed by atoms with E-state index < -0.39 is 11.9 Å². The lowest BCUT2D eigenvalue weighted by Gasteiger charge is -2.17. The molecule has 7 heteroatoms. The number of alkyl halides is 2. The van der Waals surface area contributed by atoms with Crippen LogP contribution in [0.4, 0.5) is 11.4 Å². The molecule has 0 aliphatic heterocycles. The van der Waals surface area contributed by atoms with E-state index in [1.807, 2.05) is 30.3 Å². The molecule has 0 unspecified atom stereocenters. The molecule has 3 aromatic carbocycles. The number of carbonyl (C=O) groups excluding carboxylic acids is 2. The number of hydrogen-bond acceptors (Lipinski definition) is 5. The summed E-state index contributed by atoms with van der Waals surface area (Å²) in [4.78, 5) is 23.6. The van der Waals surface area contributed by atoms with E-state index in [0.29, 0.717) is 28.0 Å². The van der Waals surface area contributed by atoms with E-state index in [9.17, 15) is 9.59 Å². The van der Waals surface area contributed by atoms with Gasteiger partial charge in [-0.1, -0.05) is 42.5 Å². The summed E-state index contributed by atoms with van der Waals surface area (Å²) in [6.07, 6.45) is 0. The normalized spacial score (nSPS) is 10.4. The lowest BCUT2D eigenvalue weighted by molar-refractivity contribution is -0.132. The van der Waals surface area contributed by atoms with Crippen molar-refractivity contribution >= 4 is 57.3 Å². The van der Waals surface area contributed by atoms with Crippen molar-refractivity contribution in [3.8, 4) is 11.5 Å². The number of nitrogens with one attached hydrogen (secondary N) is 1. The van der Waals surface area contributed by atoms with Gasteiger partial charge in [-0.3, -0.25) is 9.59 Å². The molecule has 5 nitrogen and oxygen atoms in total. The van der Waals surface area contributed by atoms with Crippen LogP contribution in [0.25, 0.3) is 10.8 Å². The third-order valence-electron chi connectivity index (χ3n) is 3.67. The first-order valence-corrected chi connectivity index (χ1v) is 9.10. The molecule has 0 radical (unpaired) electrons. The van der Waals surface area contributed by atoms with Crippen molar-refractivity contribution < 1.29 is 19.1 Å². The van der Waals surface area contributed by atoms with Crippen molar-refractivity contribution in [2.75, 3.05) is 17.1 Å². The predicted octanol–water partition coefficient (Wildman–Crippen LogP) is 4.87. The number of para-hydroxylation sites is 1. The quantitative estimate of drug-likeness (QED) is 0.361. The molecular formula is C20H15Cl2NO4. The van der Waals surface area contributed by atoms with Crippen molar-refractivity contribution in [2.24, 2.45) is 0 Å². The largest absolute Gasteiger partial charge is 0.425 e. The summed E-state index contributed by atoms with van der Waals surface area (Å²) in [7, 11) is 0. The summed E-state index contributed by atoms with van der Waals surface area (Å²) in [6.45, 7) is 0. The Labute approximate surface area is 165 Å². The SMILES string of the molecule is O=C(CCl)Oc1cc(Nc2ccccc2)c(OC(=O)CCl)c2ccccc12. The van der Waals surface area contributed by atoms with Crippen LogP contribution in [-0.2, 0) is 9.59 Å². The zero-order valence-electron chi connectivity index (χ0n) is 14.1. The average Bonchev–Trinajstić information content (AvgIpc) is 2.71. The first-order valence-electron chi connectivity index (χ1n) is 8.03. The van der Waals surface area contributed by atoms with Gasteiger partial charge in [0.25, 0.3) is 0 Å². The second kappa shape index (κ2) is 8.75. The van der Waals surface area contributed by atoms with Crippen LogP contribution >= 0.6 is 23.2 Å². The van der Waals surface area contributed by atoms with Crippen molar-refractivity contribution in [1.29, 1.82) is 0 Å². The van der Waals surface area contributed by atoms with Crippen LogP contribution < -0.4 is 14.8 Å². The lowest BCUT2D eigenvalue weighted by Crippen LogP contribution is -2.12. The molecule has 1 N–H and O–H groups in total. The van der Waals surface area contributed by atoms with Gasteiger partial charge < -0.3 is 14.8 Å². The topological polar surface area (TPSA) is 64.6 Å². The predicted molar refractivity (Wildman–Crippen MR) is 106 cm³/mol. The first kappa shape index (κ1) is 19.0. The van der Waals surface area contributed by atoms with Crippen LogP contribution in [0.1, 0.15) is 0 Å². The summed E-state index contributed by atoms with van der Waals surface area (Å²) in [5.74, 6) is -1.14. The third-order valence-corrected chi connectivity index (χ3v) is 4.10. The molecule has 0 spiro atoms. The number of rotatable bonds is 6. The van der Waals surface area contributed by atoms with Crippen LogP contribution in [-0.4, -0.2) is 23.7 Å². The van der Waals surface area contributed by atoms with Crippen LogP contribution in [0.5, 0.6) is 11.5 Å². The molecule has 27 heavy (non-hydrogen) atoms. The minimum absolute atomic E-state index is 0.279. The molecule has 0 saturated heterocycles. The summed E-state index contributed by atoms with van der Waals surface area (Å²) in [5.41, 5.74) is 1.22. The molecule has 0 amide bonds. The highest BCUT2D eigenvalue weighted by Gasteiger charge is 2.18. The monoisotopic (exact) mass is 403 g/mol. The first-order chi connectivity index (χ1) is 13.1. The van der Waals surface area contributed by atoms with Gasteiger partial charge in [0, 0.05) is 22.5 Å². The van der Waals surface area contributed by atoms with Gasteiger partial charge in [0.1, 0.15) is 17.5 Å². The lowest BCUT2D eigenvalue weighted by atomic mass is 10.1. The Bertz CT molecular complexity index is 976. The van der Waals surface area contributed by atoms with E-state index >= 15 is 0 Å². The zero-order valence-corrected chi connectivity index (χ0v) is 15.6. The van der Waals surface area contributed by atoms with Gasteiger partial charge in [0.2, 0.25) is 0 Å². The number of benzene rings is 3. The Morgan fingerprint density at radius 2 is 1.41 bits per heavy atom. The summed E-state index contributed by atoms with van der Waals surface area (Å²) < 4.78 is 10.8. The molecule has 3 rings (SSSR count). The van der Waals surface area contributed by atoms with Crippen molar-refractivity contribution in [2.45, 2.75) is 0 Å². The van der Waals surface area contributed by atoms with Gasteiger partial charge in [-0.05, 0) is 12.1 Å². The second-order valence-corrected chi connectivity index (χ2v) is 6.04. The number of ether oxygens (including phenoxy) is 2. The van der Waals surface area contributed by atoms with Crippen LogP contribution in [0, 0.1) is 0 Å². The highest BCUT2D eigenvalue weighted by atomic mass is 35.5. The Balaban J connectivity index is 2.17. The molecule has 0 aromatic heterocycles. The van der Waals surface area contributed by atoms with E-state index in [0.717, 1.165) is 5.69 Å². The minimum Gasteiger partial charge on any atom is -0.425 e. The standard InChI is InChI=1S/C20H15Cl2NO4/c21-11-18(24)26-17-10-16(23-13-6-2-1-3-7-13)20(27-19(25)12-22)15-9-5-4-8-14(15)17/h1-10,23H,11-12H2.